The number of non-ortho nitro benzene ring substituents is 1. The highest BCUT2D eigenvalue weighted by Crippen LogP contribution is 2.10. The molecule has 0 heterocycles. The number of hydrazone groups is 1. The van der Waals surface area contributed by atoms with Crippen LogP contribution in [0.4, 0.5) is 5.69 Å². The van der Waals surface area contributed by atoms with Crippen LogP contribution in [0.25, 0.3) is 0 Å². The number of carbonyl (C=O) groups is 2. The maximum absolute atomic E-state index is 11.5. The van der Waals surface area contributed by atoms with E-state index in [1.54, 1.807) is 0 Å². The van der Waals surface area contributed by atoms with Crippen molar-refractivity contribution in [2.45, 2.75) is 20.3 Å². The minimum atomic E-state index is -0.528. The van der Waals surface area contributed by atoms with E-state index >= 15 is 0 Å². The Morgan fingerprint density at radius 3 is 2.45 bits per heavy atom. The maximum Gasteiger partial charge on any atom is 0.269 e. The van der Waals surface area contributed by atoms with Gasteiger partial charge >= 0.3 is 0 Å². The highest BCUT2D eigenvalue weighted by molar-refractivity contribution is 5.97. The molecule has 0 bridgehead atoms. The van der Waals surface area contributed by atoms with Gasteiger partial charge in [0.2, 0.25) is 11.8 Å². The Balaban J connectivity index is 2.39. The molecule has 0 aliphatic rings. The van der Waals surface area contributed by atoms with Crippen molar-refractivity contribution in [2.75, 3.05) is 6.54 Å². The van der Waals surface area contributed by atoms with Crippen LogP contribution in [0.3, 0.4) is 0 Å². The molecular formula is C14H18N4O4. The van der Waals surface area contributed by atoms with Gasteiger partial charge in [-0.25, -0.2) is 5.43 Å². The van der Waals surface area contributed by atoms with Crippen LogP contribution in [0.1, 0.15) is 25.8 Å². The molecule has 0 spiro atoms. The van der Waals surface area contributed by atoms with Crippen molar-refractivity contribution in [2.24, 2.45) is 11.0 Å². The van der Waals surface area contributed by atoms with Crippen LogP contribution in [-0.4, -0.2) is 29.5 Å². The van der Waals surface area contributed by atoms with Crippen molar-refractivity contribution < 1.29 is 14.5 Å². The van der Waals surface area contributed by atoms with Crippen LogP contribution in [-0.2, 0) is 9.59 Å². The van der Waals surface area contributed by atoms with Crippen LogP contribution in [0.5, 0.6) is 0 Å². The topological polar surface area (TPSA) is 114 Å². The van der Waals surface area contributed by atoms with Gasteiger partial charge in [-0.3, -0.25) is 19.7 Å². The van der Waals surface area contributed by atoms with Crippen LogP contribution in [0.15, 0.2) is 29.4 Å². The number of hydrogen-bond donors (Lipinski definition) is 2. The monoisotopic (exact) mass is 306 g/mol. The second-order valence-electron chi connectivity index (χ2n) is 5.02. The number of nitrogens with one attached hydrogen (secondary N) is 2. The number of hydrogen-bond acceptors (Lipinski definition) is 5. The van der Waals surface area contributed by atoms with Gasteiger partial charge in [-0.2, -0.15) is 5.10 Å². The number of nitro groups is 1. The largest absolute Gasteiger partial charge is 0.355 e. The lowest BCUT2D eigenvalue weighted by Gasteiger charge is -2.06. The lowest BCUT2D eigenvalue weighted by Crippen LogP contribution is -2.32. The zero-order valence-corrected chi connectivity index (χ0v) is 12.4. The second kappa shape index (κ2) is 8.50. The molecule has 1 aromatic carbocycles. The fourth-order valence-electron chi connectivity index (χ4n) is 1.43. The highest BCUT2D eigenvalue weighted by Gasteiger charge is 2.08. The van der Waals surface area contributed by atoms with Crippen LogP contribution < -0.4 is 10.7 Å². The van der Waals surface area contributed by atoms with Gasteiger partial charge in [0, 0.05) is 18.7 Å². The normalized spacial score (nSPS) is 10.7. The quantitative estimate of drug-likeness (QED) is 0.341. The molecule has 2 N–H and O–H groups in total. The van der Waals surface area contributed by atoms with Crippen LogP contribution in [0.2, 0.25) is 0 Å². The number of carbonyl (C=O) groups excluding carboxylic acids is 2. The van der Waals surface area contributed by atoms with Gasteiger partial charge < -0.3 is 5.32 Å². The summed E-state index contributed by atoms with van der Waals surface area (Å²) in [5, 5.41) is 16.8. The average Bonchev–Trinajstić information content (AvgIpc) is 2.45. The van der Waals surface area contributed by atoms with Crippen molar-refractivity contribution in [3.8, 4) is 0 Å². The van der Waals surface area contributed by atoms with E-state index in [4.69, 9.17) is 0 Å². The Labute approximate surface area is 127 Å². The zero-order chi connectivity index (χ0) is 16.5. The summed E-state index contributed by atoms with van der Waals surface area (Å²) in [7, 11) is 0. The minimum absolute atomic E-state index is 0.0250. The Bertz CT molecular complexity index is 567. The molecular weight excluding hydrogens is 288 g/mol. The van der Waals surface area contributed by atoms with Crippen LogP contribution in [0, 0.1) is 16.0 Å². The number of rotatable bonds is 7. The van der Waals surface area contributed by atoms with E-state index in [0.717, 1.165) is 0 Å². The molecule has 22 heavy (non-hydrogen) atoms. The lowest BCUT2D eigenvalue weighted by atomic mass is 10.2. The minimum Gasteiger partial charge on any atom is -0.355 e. The van der Waals surface area contributed by atoms with Gasteiger partial charge in [0.15, 0.2) is 0 Å². The summed E-state index contributed by atoms with van der Waals surface area (Å²) in [6.07, 6.45) is 1.04. The molecule has 0 atom stereocenters. The van der Waals surface area contributed by atoms with E-state index in [2.05, 4.69) is 15.8 Å². The van der Waals surface area contributed by atoms with Crippen molar-refractivity contribution in [1.82, 2.24) is 10.7 Å². The SMILES string of the molecule is CC(C)CNC(=O)CC(=O)N/N=C\c1ccc([N+](=O)[O-])cc1. The number of benzene rings is 1. The fraction of sp³-hybridized carbons (Fsp3) is 0.357. The Kier molecular flexibility index (Phi) is 6.68. The van der Waals surface area contributed by atoms with E-state index in [1.165, 1.54) is 30.5 Å². The zero-order valence-electron chi connectivity index (χ0n) is 12.4. The lowest BCUT2D eigenvalue weighted by molar-refractivity contribution is -0.384. The third kappa shape index (κ3) is 6.60. The molecule has 8 nitrogen and oxygen atoms in total. The predicted molar refractivity (Wildman–Crippen MR) is 81.3 cm³/mol. The van der Waals surface area contributed by atoms with Gasteiger partial charge in [-0.15, -0.1) is 0 Å². The highest BCUT2D eigenvalue weighted by atomic mass is 16.6. The molecule has 0 aliphatic heterocycles. The molecule has 0 aromatic heterocycles. The van der Waals surface area contributed by atoms with Crippen molar-refractivity contribution in [1.29, 1.82) is 0 Å². The van der Waals surface area contributed by atoms with E-state index < -0.39 is 10.8 Å². The molecule has 1 aromatic rings. The molecule has 1 rings (SSSR count). The maximum atomic E-state index is 11.5. The molecule has 0 fully saturated rings. The van der Waals surface area contributed by atoms with Crippen LogP contribution >= 0.6 is 0 Å². The first-order chi connectivity index (χ1) is 10.4. The molecule has 0 radical (unpaired) electrons. The first kappa shape index (κ1) is 17.3. The summed E-state index contributed by atoms with van der Waals surface area (Å²) in [5.74, 6) is -0.580. The molecule has 0 aliphatic carbocycles. The van der Waals surface area contributed by atoms with Gasteiger partial charge in [-0.1, -0.05) is 13.8 Å². The second-order valence-corrected chi connectivity index (χ2v) is 5.02. The molecule has 0 unspecified atom stereocenters. The third-order valence-corrected chi connectivity index (χ3v) is 2.54. The Hall–Kier alpha value is -2.77. The molecule has 2 amide bonds. The molecule has 8 heteroatoms. The summed E-state index contributed by atoms with van der Waals surface area (Å²) >= 11 is 0. The summed E-state index contributed by atoms with van der Waals surface area (Å²) in [4.78, 5) is 32.9. The predicted octanol–water partition coefficient (Wildman–Crippen LogP) is 1.21. The summed E-state index contributed by atoms with van der Waals surface area (Å²) < 4.78 is 0. The fourth-order valence-corrected chi connectivity index (χ4v) is 1.43. The summed E-state index contributed by atoms with van der Waals surface area (Å²) in [6, 6.07) is 5.68. The Morgan fingerprint density at radius 1 is 1.27 bits per heavy atom. The number of amides is 2. The molecule has 0 saturated carbocycles. The first-order valence-corrected chi connectivity index (χ1v) is 6.71. The van der Waals surface area contributed by atoms with Gasteiger partial charge in [0.1, 0.15) is 6.42 Å². The number of nitro benzene ring substituents is 1. The first-order valence-electron chi connectivity index (χ1n) is 6.71. The smallest absolute Gasteiger partial charge is 0.269 e. The summed E-state index contributed by atoms with van der Waals surface area (Å²) in [5.41, 5.74) is 2.79. The number of nitrogens with zero attached hydrogens (tertiary/aromatic N) is 2. The molecule has 118 valence electrons. The summed E-state index contributed by atoms with van der Waals surface area (Å²) in [6.45, 7) is 4.42. The van der Waals surface area contributed by atoms with Crippen molar-refractivity contribution in [3.05, 3.63) is 39.9 Å². The van der Waals surface area contributed by atoms with Crippen molar-refractivity contribution >= 4 is 23.7 Å². The Morgan fingerprint density at radius 2 is 1.91 bits per heavy atom. The van der Waals surface area contributed by atoms with E-state index in [-0.39, 0.29) is 18.0 Å². The standard InChI is InChI=1S/C14H18N4O4/c1-10(2)8-15-13(19)7-14(20)17-16-9-11-3-5-12(6-4-11)18(21)22/h3-6,9-10H,7-8H2,1-2H3,(H,15,19)(H,17,20)/b16-9-. The van der Waals surface area contributed by atoms with E-state index in [0.29, 0.717) is 18.0 Å². The van der Waals surface area contributed by atoms with Gasteiger partial charge in [0.25, 0.3) is 5.69 Å². The van der Waals surface area contributed by atoms with Crippen molar-refractivity contribution in [3.63, 3.8) is 0 Å². The van der Waals surface area contributed by atoms with Gasteiger partial charge in [-0.05, 0) is 23.6 Å². The third-order valence-electron chi connectivity index (χ3n) is 2.54. The average molecular weight is 306 g/mol. The van der Waals surface area contributed by atoms with Gasteiger partial charge in [0.05, 0.1) is 11.1 Å². The van der Waals surface area contributed by atoms with E-state index in [1.807, 2.05) is 13.8 Å². The van der Waals surface area contributed by atoms with E-state index in [9.17, 15) is 19.7 Å². The molecule has 0 saturated heterocycles.